The fraction of sp³-hybridized carbons (Fsp3) is 0.688. The van der Waals surface area contributed by atoms with E-state index in [1.807, 2.05) is 13.8 Å². The summed E-state index contributed by atoms with van der Waals surface area (Å²) in [5.41, 5.74) is 1.23. The van der Waals surface area contributed by atoms with Crippen molar-refractivity contribution in [3.63, 3.8) is 0 Å². The second-order valence-corrected chi connectivity index (χ2v) is 5.79. The molecule has 1 fully saturated rings. The summed E-state index contributed by atoms with van der Waals surface area (Å²) in [6.07, 6.45) is 2.53. The minimum absolute atomic E-state index is 0.0867. The van der Waals surface area contributed by atoms with Crippen LogP contribution in [-0.2, 0) is 14.3 Å². The lowest BCUT2D eigenvalue weighted by molar-refractivity contribution is -0.136. The Hall–Kier alpha value is -1.69. The molecule has 6 nitrogen and oxygen atoms in total. The molecule has 2 aliphatic rings. The van der Waals surface area contributed by atoms with Crippen molar-refractivity contribution in [2.75, 3.05) is 33.4 Å². The standard InChI is InChI=1S/C16H25N3O3/c1-11-5-6-17-9-14(15(11)16(20)21-4)18-13(3)19-7-8-22-10-12(19)2/h9,11-12H,5-8,10H2,1-4H3/t11?,12-/m1/s1. The Kier molecular flexibility index (Phi) is 5.71. The molecule has 0 aromatic heterocycles. The van der Waals surface area contributed by atoms with E-state index < -0.39 is 0 Å². The van der Waals surface area contributed by atoms with Crippen molar-refractivity contribution in [3.8, 4) is 0 Å². The minimum Gasteiger partial charge on any atom is -0.466 e. The maximum atomic E-state index is 12.1. The van der Waals surface area contributed by atoms with Crippen LogP contribution in [0.2, 0.25) is 0 Å². The van der Waals surface area contributed by atoms with Crippen molar-refractivity contribution in [1.29, 1.82) is 0 Å². The van der Waals surface area contributed by atoms with Crippen molar-refractivity contribution < 1.29 is 14.3 Å². The van der Waals surface area contributed by atoms with Gasteiger partial charge in [0.25, 0.3) is 0 Å². The Labute approximate surface area is 131 Å². The minimum atomic E-state index is -0.317. The predicted molar refractivity (Wildman–Crippen MR) is 86.3 cm³/mol. The summed E-state index contributed by atoms with van der Waals surface area (Å²) < 4.78 is 10.4. The third kappa shape index (κ3) is 3.74. The molecule has 0 radical (unpaired) electrons. The van der Waals surface area contributed by atoms with Crippen LogP contribution in [0.5, 0.6) is 0 Å². The second kappa shape index (κ2) is 7.54. The lowest BCUT2D eigenvalue weighted by atomic mass is 9.96. The zero-order valence-electron chi connectivity index (χ0n) is 13.8. The van der Waals surface area contributed by atoms with Gasteiger partial charge in [0, 0.05) is 19.3 Å². The van der Waals surface area contributed by atoms with Gasteiger partial charge < -0.3 is 14.4 Å². The molecule has 6 heteroatoms. The van der Waals surface area contributed by atoms with Crippen LogP contribution >= 0.6 is 0 Å². The van der Waals surface area contributed by atoms with Crippen molar-refractivity contribution in [1.82, 2.24) is 4.90 Å². The molecule has 1 unspecified atom stereocenters. The number of carbonyl (C=O) groups is 1. The van der Waals surface area contributed by atoms with Gasteiger partial charge >= 0.3 is 5.97 Å². The van der Waals surface area contributed by atoms with Gasteiger partial charge in [0.15, 0.2) is 0 Å². The molecule has 0 aromatic carbocycles. The van der Waals surface area contributed by atoms with Gasteiger partial charge in [-0.3, -0.25) is 4.99 Å². The Morgan fingerprint density at radius 2 is 2.27 bits per heavy atom. The van der Waals surface area contributed by atoms with E-state index in [1.54, 1.807) is 6.21 Å². The number of morpholine rings is 1. The summed E-state index contributed by atoms with van der Waals surface area (Å²) in [5.74, 6) is 0.652. The quantitative estimate of drug-likeness (QED) is 0.442. The van der Waals surface area contributed by atoms with Crippen LogP contribution in [0.15, 0.2) is 21.3 Å². The number of carbonyl (C=O) groups excluding carboxylic acids is 1. The number of methoxy groups -OCH3 is 1. The molecule has 22 heavy (non-hydrogen) atoms. The molecule has 0 bridgehead atoms. The first-order chi connectivity index (χ1) is 10.5. The van der Waals surface area contributed by atoms with Gasteiger partial charge in [0.05, 0.1) is 37.6 Å². The molecular formula is C16H25N3O3. The number of ether oxygens (including phenoxy) is 2. The van der Waals surface area contributed by atoms with E-state index in [9.17, 15) is 4.79 Å². The highest BCUT2D eigenvalue weighted by molar-refractivity contribution is 5.99. The fourth-order valence-electron chi connectivity index (χ4n) is 2.84. The van der Waals surface area contributed by atoms with Gasteiger partial charge in [-0.1, -0.05) is 6.92 Å². The molecule has 0 N–H and O–H groups in total. The van der Waals surface area contributed by atoms with Crippen molar-refractivity contribution >= 4 is 18.0 Å². The second-order valence-electron chi connectivity index (χ2n) is 5.79. The molecule has 1 saturated heterocycles. The average Bonchev–Trinajstić information content (AvgIpc) is 2.68. The van der Waals surface area contributed by atoms with Crippen molar-refractivity contribution in [2.45, 2.75) is 33.2 Å². The highest BCUT2D eigenvalue weighted by atomic mass is 16.5. The first-order valence-corrected chi connectivity index (χ1v) is 7.76. The molecule has 0 spiro atoms. The van der Waals surface area contributed by atoms with Gasteiger partial charge in [0.2, 0.25) is 0 Å². The first kappa shape index (κ1) is 16.7. The van der Waals surface area contributed by atoms with Crippen LogP contribution in [0.4, 0.5) is 0 Å². The molecule has 2 aliphatic heterocycles. The number of esters is 1. The van der Waals surface area contributed by atoms with Crippen LogP contribution < -0.4 is 0 Å². The molecule has 122 valence electrons. The van der Waals surface area contributed by atoms with E-state index in [0.29, 0.717) is 31.0 Å². The topological polar surface area (TPSA) is 63.5 Å². The van der Waals surface area contributed by atoms with Crippen molar-refractivity contribution in [2.24, 2.45) is 15.9 Å². The number of nitrogens with zero attached hydrogens (tertiary/aromatic N) is 3. The van der Waals surface area contributed by atoms with Crippen LogP contribution in [0.25, 0.3) is 0 Å². The lowest BCUT2D eigenvalue weighted by Gasteiger charge is -2.34. The largest absolute Gasteiger partial charge is 0.466 e. The van der Waals surface area contributed by atoms with E-state index in [4.69, 9.17) is 9.47 Å². The molecule has 2 rings (SSSR count). The number of rotatable bonds is 2. The Balaban J connectivity index is 2.35. The Bertz CT molecular complexity index is 511. The molecule has 0 amide bonds. The highest BCUT2D eigenvalue weighted by Gasteiger charge is 2.25. The molecule has 2 atom stereocenters. The highest BCUT2D eigenvalue weighted by Crippen LogP contribution is 2.23. The number of hydrogen-bond acceptors (Lipinski definition) is 5. The van der Waals surface area contributed by atoms with E-state index in [1.165, 1.54) is 7.11 Å². The van der Waals surface area contributed by atoms with E-state index in [2.05, 4.69) is 21.8 Å². The van der Waals surface area contributed by atoms with Gasteiger partial charge in [-0.25, -0.2) is 9.79 Å². The molecular weight excluding hydrogens is 282 g/mol. The fourth-order valence-corrected chi connectivity index (χ4v) is 2.84. The normalized spacial score (nSPS) is 26.9. The van der Waals surface area contributed by atoms with Crippen LogP contribution in [-0.4, -0.2) is 62.4 Å². The monoisotopic (exact) mass is 307 g/mol. The Morgan fingerprint density at radius 3 is 2.95 bits per heavy atom. The summed E-state index contributed by atoms with van der Waals surface area (Å²) in [5, 5.41) is 0. The number of allylic oxidation sites excluding steroid dienone is 1. The summed E-state index contributed by atoms with van der Waals surface area (Å²) in [4.78, 5) is 23.4. The molecule has 0 aliphatic carbocycles. The predicted octanol–water partition coefficient (Wildman–Crippen LogP) is 1.66. The van der Waals surface area contributed by atoms with Crippen LogP contribution in [0, 0.1) is 5.92 Å². The van der Waals surface area contributed by atoms with Gasteiger partial charge in [-0.05, 0) is 26.2 Å². The third-order valence-electron chi connectivity index (χ3n) is 4.14. The first-order valence-electron chi connectivity index (χ1n) is 7.76. The Morgan fingerprint density at radius 1 is 1.50 bits per heavy atom. The average molecular weight is 307 g/mol. The summed E-state index contributed by atoms with van der Waals surface area (Å²) in [7, 11) is 1.41. The summed E-state index contributed by atoms with van der Waals surface area (Å²) in [6.45, 7) is 9.00. The molecule has 2 heterocycles. The lowest BCUT2D eigenvalue weighted by Crippen LogP contribution is -2.46. The third-order valence-corrected chi connectivity index (χ3v) is 4.14. The van der Waals surface area contributed by atoms with Crippen molar-refractivity contribution in [3.05, 3.63) is 11.3 Å². The van der Waals surface area contributed by atoms with E-state index in [-0.39, 0.29) is 17.9 Å². The zero-order valence-corrected chi connectivity index (χ0v) is 13.8. The SMILES string of the molecule is COC(=O)C1=C(N=C(C)N2CCOC[C@H]2C)C=NCCC1C. The van der Waals surface area contributed by atoms with Gasteiger partial charge in [-0.15, -0.1) is 0 Å². The van der Waals surface area contributed by atoms with Crippen LogP contribution in [0.3, 0.4) is 0 Å². The summed E-state index contributed by atoms with van der Waals surface area (Å²) in [6, 6.07) is 0.278. The molecule has 0 aromatic rings. The molecule has 0 saturated carbocycles. The maximum Gasteiger partial charge on any atom is 0.336 e. The maximum absolute atomic E-state index is 12.1. The summed E-state index contributed by atoms with van der Waals surface area (Å²) >= 11 is 0. The number of aliphatic imine (C=N–C) groups is 2. The zero-order chi connectivity index (χ0) is 16.1. The number of hydrogen-bond donors (Lipinski definition) is 0. The van der Waals surface area contributed by atoms with E-state index >= 15 is 0 Å². The number of amidine groups is 1. The smallest absolute Gasteiger partial charge is 0.336 e. The van der Waals surface area contributed by atoms with Crippen LogP contribution in [0.1, 0.15) is 27.2 Å². The van der Waals surface area contributed by atoms with Gasteiger partial charge in [0.1, 0.15) is 5.84 Å². The van der Waals surface area contributed by atoms with E-state index in [0.717, 1.165) is 18.8 Å². The van der Waals surface area contributed by atoms with Gasteiger partial charge in [-0.2, -0.15) is 0 Å².